The molecule has 0 amide bonds. The number of carbonyl (C=O) groups is 1. The molecule has 0 bridgehead atoms. The Bertz CT molecular complexity index is 905. The molecule has 0 unspecified atom stereocenters. The third-order valence-corrected chi connectivity index (χ3v) is 4.60. The number of hydrogen-bond donors (Lipinski definition) is 0. The summed E-state index contributed by atoms with van der Waals surface area (Å²) in [6.45, 7) is 7.85. The Labute approximate surface area is 163 Å². The molecule has 0 aliphatic rings. The third kappa shape index (κ3) is 5.35. The van der Waals surface area contributed by atoms with Gasteiger partial charge in [0.25, 0.3) is 0 Å². The summed E-state index contributed by atoms with van der Waals surface area (Å²) in [7, 11) is 0. The summed E-state index contributed by atoms with van der Waals surface area (Å²) in [5.74, 6) is -0.268. The van der Waals surface area contributed by atoms with Crippen LogP contribution in [-0.4, -0.2) is 12.6 Å². The van der Waals surface area contributed by atoms with Gasteiger partial charge in [-0.1, -0.05) is 48.9 Å². The zero-order valence-electron chi connectivity index (χ0n) is 16.4. The van der Waals surface area contributed by atoms with Gasteiger partial charge in [0, 0.05) is 5.56 Å². The molecule has 2 rings (SSSR count). The number of hydrogen-bond acceptors (Lipinski definition) is 2. The molecule has 0 saturated carbocycles. The number of rotatable bonds is 6. The van der Waals surface area contributed by atoms with E-state index in [0.717, 1.165) is 40.5 Å². The monoisotopic (exact) mass is 388 g/mol. The van der Waals surface area contributed by atoms with E-state index in [2.05, 4.69) is 11.7 Å². The van der Waals surface area contributed by atoms with Gasteiger partial charge in [0.2, 0.25) is 0 Å². The lowest BCUT2D eigenvalue weighted by atomic mass is 9.89. The number of alkyl halides is 3. The van der Waals surface area contributed by atoms with Crippen molar-refractivity contribution in [2.75, 3.05) is 0 Å². The van der Waals surface area contributed by atoms with Gasteiger partial charge in [0.1, 0.15) is 5.75 Å². The first-order valence-corrected chi connectivity index (χ1v) is 8.95. The number of benzene rings is 2. The van der Waals surface area contributed by atoms with Crippen molar-refractivity contribution in [2.45, 2.75) is 40.5 Å². The van der Waals surface area contributed by atoms with E-state index in [-0.39, 0.29) is 5.75 Å². The Morgan fingerprint density at radius 3 is 2.29 bits per heavy atom. The first kappa shape index (κ1) is 21.5. The van der Waals surface area contributed by atoms with Crippen LogP contribution in [0.4, 0.5) is 13.2 Å². The largest absolute Gasteiger partial charge is 0.573 e. The molecule has 0 aromatic heterocycles. The van der Waals surface area contributed by atoms with Crippen molar-refractivity contribution in [3.63, 3.8) is 0 Å². The van der Waals surface area contributed by atoms with E-state index in [0.29, 0.717) is 5.56 Å². The molecule has 0 N–H and O–H groups in total. The van der Waals surface area contributed by atoms with Crippen LogP contribution in [0.5, 0.6) is 5.75 Å². The Balaban J connectivity index is 2.50. The fraction of sp³-hybridized carbons (Fsp3) is 0.261. The molecule has 0 fully saturated rings. The number of aryl methyl sites for hydroxylation is 1. The minimum atomic E-state index is -4.72. The van der Waals surface area contributed by atoms with Gasteiger partial charge >= 0.3 is 6.36 Å². The summed E-state index contributed by atoms with van der Waals surface area (Å²) in [6, 6.07) is 7.61. The molecular weight excluding hydrogens is 365 g/mol. The summed E-state index contributed by atoms with van der Waals surface area (Å²) in [6.07, 6.45) is 2.87. The van der Waals surface area contributed by atoms with E-state index in [1.54, 1.807) is 12.1 Å². The van der Waals surface area contributed by atoms with Gasteiger partial charge in [0.15, 0.2) is 6.29 Å². The Hall–Kier alpha value is -2.82. The van der Waals surface area contributed by atoms with E-state index in [9.17, 15) is 18.0 Å². The summed E-state index contributed by atoms with van der Waals surface area (Å²) in [5.41, 5.74) is 5.94. The lowest BCUT2D eigenvalue weighted by molar-refractivity contribution is -0.274. The summed E-state index contributed by atoms with van der Waals surface area (Å²) < 4.78 is 41.0. The van der Waals surface area contributed by atoms with Gasteiger partial charge in [-0.15, -0.1) is 13.2 Å². The lowest BCUT2D eigenvalue weighted by Gasteiger charge is -2.15. The highest BCUT2D eigenvalue weighted by Gasteiger charge is 2.31. The highest BCUT2D eigenvalue weighted by atomic mass is 19.4. The normalized spacial score (nSPS) is 12.5. The maximum absolute atomic E-state index is 12.4. The van der Waals surface area contributed by atoms with Crippen molar-refractivity contribution in [2.24, 2.45) is 0 Å². The Kier molecular flexibility index (Phi) is 6.84. The zero-order chi connectivity index (χ0) is 20.9. The molecule has 5 heteroatoms. The number of halogens is 3. The van der Waals surface area contributed by atoms with Crippen LogP contribution in [0.1, 0.15) is 47.3 Å². The molecule has 28 heavy (non-hydrogen) atoms. The predicted octanol–water partition coefficient (Wildman–Crippen LogP) is 7.05. The predicted molar refractivity (Wildman–Crippen MR) is 107 cm³/mol. The van der Waals surface area contributed by atoms with Gasteiger partial charge in [-0.05, 0) is 67.1 Å². The van der Waals surface area contributed by atoms with Crippen LogP contribution >= 0.6 is 0 Å². The van der Waals surface area contributed by atoms with E-state index >= 15 is 0 Å². The average Bonchev–Trinajstić information content (AvgIpc) is 2.63. The van der Waals surface area contributed by atoms with Crippen LogP contribution < -0.4 is 4.74 Å². The van der Waals surface area contributed by atoms with E-state index in [1.165, 1.54) is 17.7 Å². The molecule has 0 saturated heterocycles. The van der Waals surface area contributed by atoms with Crippen LogP contribution in [-0.2, 0) is 0 Å². The number of aldehydes is 1. The minimum Gasteiger partial charge on any atom is -0.406 e. The van der Waals surface area contributed by atoms with Crippen molar-refractivity contribution < 1.29 is 22.7 Å². The Morgan fingerprint density at radius 1 is 1.11 bits per heavy atom. The molecule has 148 valence electrons. The molecule has 0 radical (unpaired) electrons. The van der Waals surface area contributed by atoms with Crippen molar-refractivity contribution in [1.82, 2.24) is 0 Å². The van der Waals surface area contributed by atoms with Crippen LogP contribution in [0.3, 0.4) is 0 Å². The zero-order valence-corrected chi connectivity index (χ0v) is 16.4. The maximum Gasteiger partial charge on any atom is 0.573 e. The van der Waals surface area contributed by atoms with Gasteiger partial charge in [-0.3, -0.25) is 4.79 Å². The summed E-state index contributed by atoms with van der Waals surface area (Å²) in [5, 5.41) is 0. The highest BCUT2D eigenvalue weighted by molar-refractivity contribution is 5.89. The second kappa shape index (κ2) is 8.91. The lowest BCUT2D eigenvalue weighted by Crippen LogP contribution is -2.16. The number of ether oxygens (including phenoxy) is 1. The molecular formula is C23H23F3O2. The second-order valence-corrected chi connectivity index (χ2v) is 6.61. The molecule has 2 aromatic carbocycles. The number of allylic oxidation sites excluding steroid dienone is 3. The molecule has 2 aromatic rings. The molecule has 0 heterocycles. The quantitative estimate of drug-likeness (QED) is 0.391. The molecule has 0 aliphatic carbocycles. The topological polar surface area (TPSA) is 26.3 Å². The molecule has 0 spiro atoms. The van der Waals surface area contributed by atoms with Crippen molar-refractivity contribution in [1.29, 1.82) is 0 Å². The van der Waals surface area contributed by atoms with E-state index in [4.69, 9.17) is 0 Å². The van der Waals surface area contributed by atoms with E-state index in [1.807, 2.05) is 45.1 Å². The fourth-order valence-electron chi connectivity index (χ4n) is 2.90. The van der Waals surface area contributed by atoms with Gasteiger partial charge in [-0.2, -0.15) is 0 Å². The molecule has 2 nitrogen and oxygen atoms in total. The van der Waals surface area contributed by atoms with Gasteiger partial charge in [-0.25, -0.2) is 0 Å². The van der Waals surface area contributed by atoms with Crippen LogP contribution in [0.2, 0.25) is 0 Å². The third-order valence-electron chi connectivity index (χ3n) is 4.60. The van der Waals surface area contributed by atoms with Gasteiger partial charge < -0.3 is 4.74 Å². The fourth-order valence-corrected chi connectivity index (χ4v) is 2.90. The number of carbonyl (C=O) groups excluding carboxylic acids is 1. The first-order valence-electron chi connectivity index (χ1n) is 8.95. The summed E-state index contributed by atoms with van der Waals surface area (Å²) >= 11 is 0. The SMILES string of the molecule is CC/C(C)=C/C=C\c1c(C)c(-c2ccc(OC(F)(F)F)cc2)cc(C)c1C=O. The molecule has 0 aliphatic heterocycles. The van der Waals surface area contributed by atoms with Crippen LogP contribution in [0, 0.1) is 13.8 Å². The van der Waals surface area contributed by atoms with E-state index < -0.39 is 6.36 Å². The van der Waals surface area contributed by atoms with Crippen molar-refractivity contribution >= 4 is 12.4 Å². The van der Waals surface area contributed by atoms with Crippen LogP contribution in [0.15, 0.2) is 48.1 Å². The second-order valence-electron chi connectivity index (χ2n) is 6.61. The van der Waals surface area contributed by atoms with Crippen LogP contribution in [0.25, 0.3) is 17.2 Å². The smallest absolute Gasteiger partial charge is 0.406 e. The van der Waals surface area contributed by atoms with Gasteiger partial charge in [0.05, 0.1) is 0 Å². The minimum absolute atomic E-state index is 0.268. The summed E-state index contributed by atoms with van der Waals surface area (Å²) in [4.78, 5) is 11.6. The van der Waals surface area contributed by atoms with Crippen molar-refractivity contribution in [3.8, 4) is 16.9 Å². The first-order chi connectivity index (χ1) is 13.2. The standard InChI is InChI=1S/C23H23F3O2/c1-5-15(2)7-6-8-20-17(4)21(13-16(3)22(20)14-27)18-9-11-19(12-10-18)28-23(24,25)26/h6-14H,5H2,1-4H3/b8-6-,15-7+. The maximum atomic E-state index is 12.4. The highest BCUT2D eigenvalue weighted by Crippen LogP contribution is 2.32. The van der Waals surface area contributed by atoms with Crippen molar-refractivity contribution in [3.05, 3.63) is 70.3 Å². The molecule has 0 atom stereocenters. The Morgan fingerprint density at radius 2 is 1.75 bits per heavy atom. The average molecular weight is 388 g/mol.